The summed E-state index contributed by atoms with van der Waals surface area (Å²) in [6, 6.07) is 0.445. The third-order valence-corrected chi connectivity index (χ3v) is 3.41. The number of morpholine rings is 1. The predicted molar refractivity (Wildman–Crippen MR) is 73.7 cm³/mol. The minimum absolute atomic E-state index is 0.445. The van der Waals surface area contributed by atoms with Gasteiger partial charge in [-0.25, -0.2) is 9.97 Å². The Morgan fingerprint density at radius 2 is 2.05 bits per heavy atom. The van der Waals surface area contributed by atoms with Crippen LogP contribution < -0.4 is 9.64 Å². The summed E-state index contributed by atoms with van der Waals surface area (Å²) < 4.78 is 10.6. The number of nitrogens with zero attached hydrogens (tertiary/aromatic N) is 4. The molecular weight excluding hydrogens is 244 g/mol. The first kappa shape index (κ1) is 14.0. The van der Waals surface area contributed by atoms with Gasteiger partial charge in [-0.3, -0.25) is 4.90 Å². The molecule has 2 rings (SSSR count). The van der Waals surface area contributed by atoms with Crippen molar-refractivity contribution in [3.63, 3.8) is 0 Å². The number of ether oxygens (including phenoxy) is 2. The standard InChI is InChI=1S/C13H22N4O2/c1-11(17-6-8-19-9-7-17)10-16(2)12-13(18-3)15-5-4-14-12/h4-5,11H,6-10H2,1-3H3. The minimum atomic E-state index is 0.445. The van der Waals surface area contributed by atoms with Crippen molar-refractivity contribution >= 4 is 5.82 Å². The summed E-state index contributed by atoms with van der Waals surface area (Å²) in [6.07, 6.45) is 3.33. The third kappa shape index (κ3) is 3.54. The van der Waals surface area contributed by atoms with Crippen molar-refractivity contribution in [2.75, 3.05) is 51.9 Å². The van der Waals surface area contributed by atoms with Gasteiger partial charge >= 0.3 is 0 Å². The summed E-state index contributed by atoms with van der Waals surface area (Å²) in [4.78, 5) is 13.0. The molecular formula is C13H22N4O2. The third-order valence-electron chi connectivity index (χ3n) is 3.41. The molecule has 1 atom stereocenters. The quantitative estimate of drug-likeness (QED) is 0.779. The number of hydrogen-bond acceptors (Lipinski definition) is 6. The second kappa shape index (κ2) is 6.68. The van der Waals surface area contributed by atoms with Crippen LogP contribution in [-0.2, 0) is 4.74 Å². The fourth-order valence-electron chi connectivity index (χ4n) is 2.34. The molecule has 1 aromatic heterocycles. The van der Waals surface area contributed by atoms with E-state index in [0.717, 1.165) is 38.7 Å². The summed E-state index contributed by atoms with van der Waals surface area (Å²) in [5.74, 6) is 1.35. The molecule has 0 bridgehead atoms. The van der Waals surface area contributed by atoms with Gasteiger partial charge in [-0.05, 0) is 6.92 Å². The summed E-state index contributed by atoms with van der Waals surface area (Å²) in [6.45, 7) is 6.74. The Kier molecular flexibility index (Phi) is 4.93. The van der Waals surface area contributed by atoms with Crippen molar-refractivity contribution in [3.8, 4) is 5.88 Å². The zero-order valence-electron chi connectivity index (χ0n) is 11.9. The maximum Gasteiger partial charge on any atom is 0.257 e. The van der Waals surface area contributed by atoms with Crippen molar-refractivity contribution < 1.29 is 9.47 Å². The van der Waals surface area contributed by atoms with Crippen molar-refractivity contribution in [2.24, 2.45) is 0 Å². The SMILES string of the molecule is COc1nccnc1N(C)CC(C)N1CCOCC1. The molecule has 1 saturated heterocycles. The van der Waals surface area contributed by atoms with Crippen LogP contribution in [0.15, 0.2) is 12.4 Å². The van der Waals surface area contributed by atoms with Gasteiger partial charge in [0.2, 0.25) is 0 Å². The second-order valence-corrected chi connectivity index (χ2v) is 4.77. The van der Waals surface area contributed by atoms with E-state index in [4.69, 9.17) is 9.47 Å². The molecule has 0 spiro atoms. The fraction of sp³-hybridized carbons (Fsp3) is 0.692. The highest BCUT2D eigenvalue weighted by Gasteiger charge is 2.20. The van der Waals surface area contributed by atoms with E-state index in [1.807, 2.05) is 7.05 Å². The number of methoxy groups -OCH3 is 1. The van der Waals surface area contributed by atoms with Gasteiger partial charge < -0.3 is 14.4 Å². The highest BCUT2D eigenvalue weighted by atomic mass is 16.5. The lowest BCUT2D eigenvalue weighted by Crippen LogP contribution is -2.47. The number of rotatable bonds is 5. The Labute approximate surface area is 114 Å². The van der Waals surface area contributed by atoms with Crippen LogP contribution in [0.1, 0.15) is 6.92 Å². The number of aromatic nitrogens is 2. The number of hydrogen-bond donors (Lipinski definition) is 0. The summed E-state index contributed by atoms with van der Waals surface area (Å²) >= 11 is 0. The molecule has 1 aromatic rings. The van der Waals surface area contributed by atoms with Gasteiger partial charge in [-0.2, -0.15) is 0 Å². The zero-order chi connectivity index (χ0) is 13.7. The normalized spacial score (nSPS) is 18.1. The topological polar surface area (TPSA) is 50.7 Å². The van der Waals surface area contributed by atoms with E-state index in [1.54, 1.807) is 19.5 Å². The van der Waals surface area contributed by atoms with Crippen LogP contribution in [0.4, 0.5) is 5.82 Å². The Balaban J connectivity index is 1.97. The Bertz CT molecular complexity index is 396. The lowest BCUT2D eigenvalue weighted by atomic mass is 10.2. The molecule has 2 heterocycles. The molecule has 0 N–H and O–H groups in total. The molecule has 6 nitrogen and oxygen atoms in total. The van der Waals surface area contributed by atoms with Gasteiger partial charge in [0.1, 0.15) is 0 Å². The smallest absolute Gasteiger partial charge is 0.257 e. The molecule has 6 heteroatoms. The molecule has 0 saturated carbocycles. The molecule has 1 fully saturated rings. The van der Waals surface area contributed by atoms with E-state index in [1.165, 1.54) is 0 Å². The van der Waals surface area contributed by atoms with Crippen LogP contribution in [0.25, 0.3) is 0 Å². The fourth-order valence-corrected chi connectivity index (χ4v) is 2.34. The van der Waals surface area contributed by atoms with E-state index >= 15 is 0 Å². The minimum Gasteiger partial charge on any atom is -0.478 e. The summed E-state index contributed by atoms with van der Waals surface area (Å²) in [7, 11) is 3.64. The van der Waals surface area contributed by atoms with Crippen molar-refractivity contribution in [1.82, 2.24) is 14.9 Å². The van der Waals surface area contributed by atoms with Crippen molar-refractivity contribution in [2.45, 2.75) is 13.0 Å². The number of likely N-dealkylation sites (N-methyl/N-ethyl adjacent to an activating group) is 1. The molecule has 0 aliphatic carbocycles. The lowest BCUT2D eigenvalue weighted by molar-refractivity contribution is 0.0217. The summed E-state index contributed by atoms with van der Waals surface area (Å²) in [5.41, 5.74) is 0. The lowest BCUT2D eigenvalue weighted by Gasteiger charge is -2.34. The molecule has 1 unspecified atom stereocenters. The summed E-state index contributed by atoms with van der Waals surface area (Å²) in [5, 5.41) is 0. The van der Waals surface area contributed by atoms with Crippen molar-refractivity contribution in [1.29, 1.82) is 0 Å². The molecule has 19 heavy (non-hydrogen) atoms. The average Bonchev–Trinajstić information content (AvgIpc) is 2.48. The van der Waals surface area contributed by atoms with E-state index in [0.29, 0.717) is 11.9 Å². The first-order chi connectivity index (χ1) is 9.22. The van der Waals surface area contributed by atoms with Crippen molar-refractivity contribution in [3.05, 3.63) is 12.4 Å². The predicted octanol–water partition coefficient (Wildman–Crippen LogP) is 0.642. The molecule has 0 aromatic carbocycles. The molecule has 1 aliphatic rings. The van der Waals surface area contributed by atoms with Gasteiger partial charge in [-0.15, -0.1) is 0 Å². The van der Waals surface area contributed by atoms with Crippen LogP contribution in [-0.4, -0.2) is 67.9 Å². The van der Waals surface area contributed by atoms with Gasteiger partial charge in [-0.1, -0.05) is 0 Å². The average molecular weight is 266 g/mol. The first-order valence-corrected chi connectivity index (χ1v) is 6.60. The Hall–Kier alpha value is -1.40. The van der Waals surface area contributed by atoms with Crippen LogP contribution in [0.3, 0.4) is 0 Å². The molecule has 106 valence electrons. The molecule has 1 aliphatic heterocycles. The largest absolute Gasteiger partial charge is 0.478 e. The first-order valence-electron chi connectivity index (χ1n) is 6.60. The highest BCUT2D eigenvalue weighted by molar-refractivity contribution is 5.46. The monoisotopic (exact) mass is 266 g/mol. The Morgan fingerprint density at radius 1 is 1.37 bits per heavy atom. The van der Waals surface area contributed by atoms with E-state index in [9.17, 15) is 0 Å². The molecule has 0 radical (unpaired) electrons. The maximum atomic E-state index is 5.38. The van der Waals surface area contributed by atoms with Gasteiger partial charge in [0.15, 0.2) is 5.82 Å². The van der Waals surface area contributed by atoms with Gasteiger partial charge in [0, 0.05) is 45.1 Å². The van der Waals surface area contributed by atoms with E-state index in [2.05, 4.69) is 26.7 Å². The van der Waals surface area contributed by atoms with Crippen LogP contribution in [0.2, 0.25) is 0 Å². The zero-order valence-corrected chi connectivity index (χ0v) is 11.9. The second-order valence-electron chi connectivity index (χ2n) is 4.77. The Morgan fingerprint density at radius 3 is 2.74 bits per heavy atom. The van der Waals surface area contributed by atoms with Crippen LogP contribution >= 0.6 is 0 Å². The van der Waals surface area contributed by atoms with Crippen LogP contribution in [0.5, 0.6) is 5.88 Å². The van der Waals surface area contributed by atoms with E-state index < -0.39 is 0 Å². The number of anilines is 1. The highest BCUT2D eigenvalue weighted by Crippen LogP contribution is 2.21. The molecule has 0 amide bonds. The van der Waals surface area contributed by atoms with Gasteiger partial charge in [0.05, 0.1) is 20.3 Å². The van der Waals surface area contributed by atoms with Gasteiger partial charge in [0.25, 0.3) is 5.88 Å². The van der Waals surface area contributed by atoms with Crippen LogP contribution in [0, 0.1) is 0 Å². The maximum absolute atomic E-state index is 5.38. The van der Waals surface area contributed by atoms with E-state index in [-0.39, 0.29) is 0 Å².